The summed E-state index contributed by atoms with van der Waals surface area (Å²) in [5.41, 5.74) is 0. The van der Waals surface area contributed by atoms with Crippen LogP contribution in [0.15, 0.2) is 24.3 Å². The molecule has 0 heterocycles. The third kappa shape index (κ3) is 25.0. The van der Waals surface area contributed by atoms with Gasteiger partial charge in [-0.05, 0) is 38.5 Å². The molecule has 0 fully saturated rings. The molecule has 0 aliphatic rings. The van der Waals surface area contributed by atoms with E-state index in [1.165, 1.54) is 96.3 Å². The summed E-state index contributed by atoms with van der Waals surface area (Å²) in [6.45, 7) is 2.29. The van der Waals surface area contributed by atoms with Gasteiger partial charge in [-0.2, -0.15) is 5.26 Å². The van der Waals surface area contributed by atoms with Crippen LogP contribution in [-0.4, -0.2) is 0 Å². The van der Waals surface area contributed by atoms with Gasteiger partial charge >= 0.3 is 0 Å². The van der Waals surface area contributed by atoms with Crippen LogP contribution in [0.5, 0.6) is 0 Å². The van der Waals surface area contributed by atoms with Crippen molar-refractivity contribution in [2.45, 2.75) is 135 Å². The van der Waals surface area contributed by atoms with E-state index >= 15 is 0 Å². The molecule has 1 nitrogen and oxygen atoms in total. The van der Waals surface area contributed by atoms with Crippen molar-refractivity contribution in [1.29, 1.82) is 5.26 Å². The predicted octanol–water partition coefficient (Wildman–Crippen LogP) is 9.44. The average Bonchev–Trinajstić information content (AvgIpc) is 2.68. The van der Waals surface area contributed by atoms with Gasteiger partial charge in [-0.3, -0.25) is 0 Å². The zero-order valence-corrected chi connectivity index (χ0v) is 18.4. The molecule has 0 amide bonds. The molecule has 0 aromatic rings. The molecule has 0 aliphatic carbocycles. The van der Waals surface area contributed by atoms with Gasteiger partial charge in [0.2, 0.25) is 0 Å². The summed E-state index contributed by atoms with van der Waals surface area (Å²) < 4.78 is 0. The Labute approximate surface area is 171 Å². The van der Waals surface area contributed by atoms with Gasteiger partial charge in [-0.1, -0.05) is 115 Å². The molecule has 1 heteroatoms. The van der Waals surface area contributed by atoms with E-state index in [1.807, 2.05) is 0 Å². The summed E-state index contributed by atoms with van der Waals surface area (Å²) >= 11 is 0. The van der Waals surface area contributed by atoms with Crippen molar-refractivity contribution in [3.05, 3.63) is 24.3 Å². The number of hydrogen-bond acceptors (Lipinski definition) is 1. The van der Waals surface area contributed by atoms with E-state index in [1.54, 1.807) is 0 Å². The van der Waals surface area contributed by atoms with Gasteiger partial charge in [0.1, 0.15) is 0 Å². The van der Waals surface area contributed by atoms with E-state index < -0.39 is 0 Å². The maximum absolute atomic E-state index is 8.45. The molecule has 0 aliphatic heterocycles. The minimum atomic E-state index is 0.684. The number of nitrogens with zero attached hydrogens (tertiary/aromatic N) is 1. The van der Waals surface area contributed by atoms with Crippen molar-refractivity contribution < 1.29 is 0 Å². The third-order valence-corrected chi connectivity index (χ3v) is 5.22. The number of hydrogen-bond donors (Lipinski definition) is 0. The van der Waals surface area contributed by atoms with Gasteiger partial charge in [0.25, 0.3) is 0 Å². The fourth-order valence-electron chi connectivity index (χ4n) is 3.42. The average molecular weight is 374 g/mol. The van der Waals surface area contributed by atoms with E-state index in [9.17, 15) is 0 Å². The third-order valence-electron chi connectivity index (χ3n) is 5.22. The van der Waals surface area contributed by atoms with Crippen molar-refractivity contribution in [3.8, 4) is 6.07 Å². The second-order valence-corrected chi connectivity index (χ2v) is 7.96. The molecular weight excluding hydrogens is 326 g/mol. The van der Waals surface area contributed by atoms with Gasteiger partial charge in [0.05, 0.1) is 6.07 Å². The van der Waals surface area contributed by atoms with Crippen LogP contribution in [0, 0.1) is 11.3 Å². The van der Waals surface area contributed by atoms with Crippen molar-refractivity contribution in [2.24, 2.45) is 0 Å². The predicted molar refractivity (Wildman–Crippen MR) is 122 cm³/mol. The second kappa shape index (κ2) is 25.0. The molecule has 27 heavy (non-hydrogen) atoms. The summed E-state index contributed by atoms with van der Waals surface area (Å²) in [4.78, 5) is 0. The molecule has 0 aromatic heterocycles. The van der Waals surface area contributed by atoms with Crippen molar-refractivity contribution >= 4 is 0 Å². The number of nitriles is 1. The lowest BCUT2D eigenvalue weighted by atomic mass is 10.0. The van der Waals surface area contributed by atoms with Crippen molar-refractivity contribution in [2.75, 3.05) is 0 Å². The molecule has 0 atom stereocenters. The molecule has 0 saturated heterocycles. The molecule has 156 valence electrons. The van der Waals surface area contributed by atoms with E-state index in [4.69, 9.17) is 5.26 Å². The Kier molecular flexibility index (Phi) is 24.0. The van der Waals surface area contributed by atoms with Gasteiger partial charge in [-0.15, -0.1) is 0 Å². The largest absolute Gasteiger partial charge is 0.198 e. The van der Waals surface area contributed by atoms with Crippen LogP contribution < -0.4 is 0 Å². The van der Waals surface area contributed by atoms with E-state index in [2.05, 4.69) is 37.3 Å². The smallest absolute Gasteiger partial charge is 0.0621 e. The summed E-state index contributed by atoms with van der Waals surface area (Å²) in [5.74, 6) is 0. The topological polar surface area (TPSA) is 23.8 Å². The van der Waals surface area contributed by atoms with Gasteiger partial charge in [-0.25, -0.2) is 0 Å². The molecule has 0 radical (unpaired) electrons. The van der Waals surface area contributed by atoms with Crippen molar-refractivity contribution in [3.63, 3.8) is 0 Å². The summed E-state index contributed by atoms with van der Waals surface area (Å²) in [6.07, 6.45) is 35.6. The van der Waals surface area contributed by atoms with E-state index in [0.717, 1.165) is 25.7 Å². The molecule has 0 N–H and O–H groups in total. The van der Waals surface area contributed by atoms with Crippen LogP contribution in [-0.2, 0) is 0 Å². The van der Waals surface area contributed by atoms with E-state index in [-0.39, 0.29) is 0 Å². The van der Waals surface area contributed by atoms with Crippen LogP contribution in [0.25, 0.3) is 0 Å². The normalized spacial score (nSPS) is 11.6. The number of rotatable bonds is 21. The highest BCUT2D eigenvalue weighted by molar-refractivity contribution is 4.88. The SMILES string of the molecule is CCCCCCCCCCCCCCCC/C=C\CC/C=C/CCCC#N. The highest BCUT2D eigenvalue weighted by atomic mass is 14.2. The van der Waals surface area contributed by atoms with Gasteiger partial charge in [0.15, 0.2) is 0 Å². The lowest BCUT2D eigenvalue weighted by molar-refractivity contribution is 0.536. The minimum absolute atomic E-state index is 0.684. The quantitative estimate of drug-likeness (QED) is 0.145. The zero-order chi connectivity index (χ0) is 19.7. The first kappa shape index (κ1) is 26.0. The maximum Gasteiger partial charge on any atom is 0.0621 e. The van der Waals surface area contributed by atoms with Crippen LogP contribution in [0.2, 0.25) is 0 Å². The van der Waals surface area contributed by atoms with E-state index in [0.29, 0.717) is 6.42 Å². The summed E-state index contributed by atoms with van der Waals surface area (Å²) in [5, 5.41) is 8.45. The number of unbranched alkanes of at least 4 members (excludes halogenated alkanes) is 17. The van der Waals surface area contributed by atoms with Gasteiger partial charge < -0.3 is 0 Å². The first-order chi connectivity index (χ1) is 13.4. The Hall–Kier alpha value is -1.03. The Morgan fingerprint density at radius 3 is 1.30 bits per heavy atom. The summed E-state index contributed by atoms with van der Waals surface area (Å²) in [6, 6.07) is 2.19. The first-order valence-electron chi connectivity index (χ1n) is 12.1. The van der Waals surface area contributed by atoms with Crippen molar-refractivity contribution in [1.82, 2.24) is 0 Å². The molecule has 0 unspecified atom stereocenters. The molecule has 0 rings (SSSR count). The van der Waals surface area contributed by atoms with Crippen LogP contribution in [0.4, 0.5) is 0 Å². The Morgan fingerprint density at radius 2 is 0.852 bits per heavy atom. The van der Waals surface area contributed by atoms with Crippen LogP contribution in [0.3, 0.4) is 0 Å². The maximum atomic E-state index is 8.45. The Balaban J connectivity index is 3.11. The highest BCUT2D eigenvalue weighted by Crippen LogP contribution is 2.13. The zero-order valence-electron chi connectivity index (χ0n) is 18.4. The fourth-order valence-corrected chi connectivity index (χ4v) is 3.42. The molecule has 0 saturated carbocycles. The second-order valence-electron chi connectivity index (χ2n) is 7.96. The molecule has 0 aromatic carbocycles. The first-order valence-corrected chi connectivity index (χ1v) is 12.1. The highest BCUT2D eigenvalue weighted by Gasteiger charge is 1.93. The molecular formula is C26H47N. The molecule has 0 bridgehead atoms. The lowest BCUT2D eigenvalue weighted by Crippen LogP contribution is -1.83. The number of allylic oxidation sites excluding steroid dienone is 4. The Morgan fingerprint density at radius 1 is 0.481 bits per heavy atom. The lowest BCUT2D eigenvalue weighted by Gasteiger charge is -2.02. The fraction of sp³-hybridized carbons (Fsp3) is 0.808. The van der Waals surface area contributed by atoms with Gasteiger partial charge in [0, 0.05) is 6.42 Å². The standard InChI is InChI=1S/C26H47N/c1-2-3-4-5-6-7-8-9-10-11-12-13-14-15-16-17-18-19-20-21-22-23-24-25-26-27/h17-18,21-22H,2-16,19-20,23-25H2,1H3/b18-17-,22-21+. The minimum Gasteiger partial charge on any atom is -0.198 e. The molecule has 0 spiro atoms. The summed E-state index contributed by atoms with van der Waals surface area (Å²) in [7, 11) is 0. The van der Waals surface area contributed by atoms with Crippen LogP contribution in [0.1, 0.15) is 135 Å². The Bertz CT molecular complexity index is 361. The monoisotopic (exact) mass is 373 g/mol. The van der Waals surface area contributed by atoms with Crippen LogP contribution >= 0.6 is 0 Å².